The van der Waals surface area contributed by atoms with Gasteiger partial charge in [0.25, 0.3) is 11.8 Å². The molecule has 2 amide bonds. The average Bonchev–Trinajstić information content (AvgIpc) is 3.25. The molecule has 5 aromatic carbocycles. The third-order valence-electron chi connectivity index (χ3n) is 7.83. The lowest BCUT2D eigenvalue weighted by atomic mass is 9.99. The van der Waals surface area contributed by atoms with Gasteiger partial charge in [0.15, 0.2) is 0 Å². The number of para-hydroxylation sites is 2. The molecular weight excluding hydrogens is 546 g/mol. The summed E-state index contributed by atoms with van der Waals surface area (Å²) in [5.41, 5.74) is 6.72. The molecule has 0 bridgehead atoms. The highest BCUT2D eigenvalue weighted by Gasteiger charge is 2.25. The predicted molar refractivity (Wildman–Crippen MR) is 178 cm³/mol. The van der Waals surface area contributed by atoms with Gasteiger partial charge >= 0.3 is 0 Å². The van der Waals surface area contributed by atoms with Crippen LogP contribution in [0.1, 0.15) is 32.7 Å². The molecule has 1 heterocycles. The van der Waals surface area contributed by atoms with E-state index in [-0.39, 0.29) is 11.8 Å². The maximum atomic E-state index is 13.8. The largest absolute Gasteiger partial charge is 0.492 e. The van der Waals surface area contributed by atoms with Crippen molar-refractivity contribution < 1.29 is 14.3 Å². The third kappa shape index (κ3) is 6.50. The summed E-state index contributed by atoms with van der Waals surface area (Å²) in [7, 11) is 0. The van der Waals surface area contributed by atoms with E-state index in [0.29, 0.717) is 30.0 Å². The molecular formula is C38H35N3O3. The van der Waals surface area contributed by atoms with Gasteiger partial charge in [0.05, 0.1) is 17.9 Å². The Morgan fingerprint density at radius 1 is 0.750 bits per heavy atom. The topological polar surface area (TPSA) is 61.9 Å². The van der Waals surface area contributed by atoms with Crippen LogP contribution in [0.15, 0.2) is 127 Å². The number of fused-ring (bicyclic) bond motifs is 1. The van der Waals surface area contributed by atoms with E-state index in [1.165, 1.54) is 5.56 Å². The van der Waals surface area contributed by atoms with Gasteiger partial charge in [-0.2, -0.15) is 0 Å². The number of nitrogens with one attached hydrogen (secondary N) is 1. The molecule has 1 aliphatic rings. The van der Waals surface area contributed by atoms with Crippen molar-refractivity contribution in [1.29, 1.82) is 0 Å². The van der Waals surface area contributed by atoms with Crippen molar-refractivity contribution in [3.05, 3.63) is 144 Å². The van der Waals surface area contributed by atoms with Crippen LogP contribution in [0.3, 0.4) is 0 Å². The number of carbonyl (C=O) groups excluding carboxylic acids is 2. The Hall–Kier alpha value is -5.36. The molecule has 0 aliphatic carbocycles. The number of hydrogen-bond donors (Lipinski definition) is 1. The molecule has 0 radical (unpaired) electrons. The number of nitrogens with zero attached hydrogens (tertiary/aromatic N) is 2. The molecule has 0 spiro atoms. The summed E-state index contributed by atoms with van der Waals surface area (Å²) in [6.07, 6.45) is 0.833. The first kappa shape index (κ1) is 28.7. The molecule has 6 nitrogen and oxygen atoms in total. The molecule has 6 heteroatoms. The summed E-state index contributed by atoms with van der Waals surface area (Å²) in [6.45, 7) is 4.76. The normalized spacial score (nSPS) is 12.7. The lowest BCUT2D eigenvalue weighted by Gasteiger charge is -2.27. The Morgan fingerprint density at radius 3 is 2.27 bits per heavy atom. The van der Waals surface area contributed by atoms with Crippen LogP contribution in [0.25, 0.3) is 11.1 Å². The molecule has 0 fully saturated rings. The van der Waals surface area contributed by atoms with Crippen LogP contribution >= 0.6 is 0 Å². The van der Waals surface area contributed by atoms with E-state index in [0.717, 1.165) is 47.8 Å². The number of amides is 2. The number of benzene rings is 5. The Morgan fingerprint density at radius 2 is 1.48 bits per heavy atom. The average molecular weight is 582 g/mol. The van der Waals surface area contributed by atoms with Crippen molar-refractivity contribution in [3.63, 3.8) is 0 Å². The molecule has 1 N–H and O–H groups in total. The molecule has 0 saturated heterocycles. The van der Waals surface area contributed by atoms with Crippen LogP contribution in [-0.2, 0) is 0 Å². The zero-order valence-electron chi connectivity index (χ0n) is 24.8. The summed E-state index contributed by atoms with van der Waals surface area (Å²) in [6, 6.07) is 40.7. The Bertz CT molecular complexity index is 1750. The van der Waals surface area contributed by atoms with Gasteiger partial charge in [0.2, 0.25) is 0 Å². The molecule has 0 aromatic heterocycles. The van der Waals surface area contributed by atoms with Gasteiger partial charge in [-0.1, -0.05) is 72.8 Å². The van der Waals surface area contributed by atoms with Crippen molar-refractivity contribution in [2.75, 3.05) is 41.4 Å². The first-order valence-electron chi connectivity index (χ1n) is 15.0. The minimum absolute atomic E-state index is 0.0670. The molecule has 44 heavy (non-hydrogen) atoms. The second-order valence-corrected chi connectivity index (χ2v) is 10.9. The van der Waals surface area contributed by atoms with Gasteiger partial charge in [-0.15, -0.1) is 0 Å². The monoisotopic (exact) mass is 581 g/mol. The highest BCUT2D eigenvalue weighted by molar-refractivity contribution is 6.10. The standard InChI is InChI=1S/C38H35N3O3/c1-28-11-9-14-32(27-28)44-26-25-40-23-10-24-41(36-18-8-7-17-35(36)40)38(43)30-19-21-31(22-20-30)39-37(42)34-16-6-5-15-33(34)29-12-3-2-4-13-29/h2-9,11-22,27H,10,23-26H2,1H3,(H,39,42). The first-order valence-corrected chi connectivity index (χ1v) is 15.0. The highest BCUT2D eigenvalue weighted by atomic mass is 16.5. The fraction of sp³-hybridized carbons (Fsp3) is 0.158. The van der Waals surface area contributed by atoms with E-state index >= 15 is 0 Å². The van der Waals surface area contributed by atoms with Gasteiger partial charge < -0.3 is 19.9 Å². The third-order valence-corrected chi connectivity index (χ3v) is 7.83. The fourth-order valence-electron chi connectivity index (χ4n) is 5.64. The molecule has 1 aliphatic heterocycles. The Kier molecular flexibility index (Phi) is 8.69. The van der Waals surface area contributed by atoms with E-state index < -0.39 is 0 Å². The minimum atomic E-state index is -0.198. The van der Waals surface area contributed by atoms with Crippen molar-refractivity contribution >= 4 is 28.9 Å². The highest BCUT2D eigenvalue weighted by Crippen LogP contribution is 2.33. The second-order valence-electron chi connectivity index (χ2n) is 10.9. The molecule has 0 atom stereocenters. The van der Waals surface area contributed by atoms with Crippen LogP contribution in [0.4, 0.5) is 17.1 Å². The van der Waals surface area contributed by atoms with Gasteiger partial charge in [0, 0.05) is 29.9 Å². The lowest BCUT2D eigenvalue weighted by molar-refractivity contribution is 0.0986. The summed E-state index contributed by atoms with van der Waals surface area (Å²) in [5, 5.41) is 3.00. The number of ether oxygens (including phenoxy) is 1. The van der Waals surface area contributed by atoms with Gasteiger partial charge in [-0.25, -0.2) is 0 Å². The molecule has 6 rings (SSSR count). The van der Waals surface area contributed by atoms with Crippen LogP contribution < -0.4 is 19.9 Å². The zero-order valence-corrected chi connectivity index (χ0v) is 24.8. The predicted octanol–water partition coefficient (Wildman–Crippen LogP) is 7.85. The van der Waals surface area contributed by atoms with Gasteiger partial charge in [-0.05, 0) is 84.6 Å². The van der Waals surface area contributed by atoms with Crippen LogP contribution in [-0.4, -0.2) is 38.1 Å². The van der Waals surface area contributed by atoms with E-state index in [1.807, 2.05) is 95.9 Å². The summed E-state index contributed by atoms with van der Waals surface area (Å²) in [5.74, 6) is 0.601. The number of carbonyl (C=O) groups is 2. The van der Waals surface area contributed by atoms with E-state index in [2.05, 4.69) is 29.3 Å². The molecule has 0 unspecified atom stereocenters. The van der Waals surface area contributed by atoms with Crippen molar-refractivity contribution in [2.24, 2.45) is 0 Å². The first-order chi connectivity index (χ1) is 21.6. The lowest BCUT2D eigenvalue weighted by Crippen LogP contribution is -2.31. The van der Waals surface area contributed by atoms with E-state index in [4.69, 9.17) is 4.74 Å². The van der Waals surface area contributed by atoms with Gasteiger partial charge in [-0.3, -0.25) is 9.59 Å². The number of anilines is 3. The maximum Gasteiger partial charge on any atom is 0.258 e. The Labute approximate surface area is 258 Å². The molecule has 5 aromatic rings. The fourth-order valence-corrected chi connectivity index (χ4v) is 5.64. The van der Waals surface area contributed by atoms with Crippen LogP contribution in [0.5, 0.6) is 5.75 Å². The van der Waals surface area contributed by atoms with Crippen LogP contribution in [0, 0.1) is 6.92 Å². The SMILES string of the molecule is Cc1cccc(OCCN2CCCN(C(=O)c3ccc(NC(=O)c4ccccc4-c4ccccc4)cc3)c3ccccc32)c1. The zero-order chi connectivity index (χ0) is 30.3. The summed E-state index contributed by atoms with van der Waals surface area (Å²) < 4.78 is 6.03. The molecule has 0 saturated carbocycles. The number of aryl methyl sites for hydroxylation is 1. The van der Waals surface area contributed by atoms with Crippen LogP contribution in [0.2, 0.25) is 0 Å². The summed E-state index contributed by atoms with van der Waals surface area (Å²) >= 11 is 0. The Balaban J connectivity index is 1.14. The van der Waals surface area contributed by atoms with Gasteiger partial charge in [0.1, 0.15) is 12.4 Å². The number of rotatable bonds is 8. The van der Waals surface area contributed by atoms with Crippen molar-refractivity contribution in [2.45, 2.75) is 13.3 Å². The number of hydrogen-bond acceptors (Lipinski definition) is 4. The van der Waals surface area contributed by atoms with E-state index in [1.54, 1.807) is 24.3 Å². The smallest absolute Gasteiger partial charge is 0.258 e. The minimum Gasteiger partial charge on any atom is -0.492 e. The second kappa shape index (κ2) is 13.3. The quantitative estimate of drug-likeness (QED) is 0.203. The summed E-state index contributed by atoms with van der Waals surface area (Å²) in [4.78, 5) is 31.2. The maximum absolute atomic E-state index is 13.8. The van der Waals surface area contributed by atoms with Crippen molar-refractivity contribution in [3.8, 4) is 16.9 Å². The van der Waals surface area contributed by atoms with E-state index in [9.17, 15) is 9.59 Å². The molecule has 220 valence electrons. The van der Waals surface area contributed by atoms with Crippen molar-refractivity contribution in [1.82, 2.24) is 0 Å².